The smallest absolute Gasteiger partial charge is 0.305 e. The minimum Gasteiger partial charge on any atom is -0.497 e. The normalized spacial score (nSPS) is 36.1. The lowest BCUT2D eigenvalue weighted by Gasteiger charge is -2.50. The Balaban J connectivity index is 0.000000274. The van der Waals surface area contributed by atoms with Crippen LogP contribution in [0.1, 0.15) is 125 Å². The van der Waals surface area contributed by atoms with Gasteiger partial charge in [-0.2, -0.15) is 0 Å². The molecule has 0 spiro atoms. The number of methoxy groups -OCH3 is 1. The predicted octanol–water partition coefficient (Wildman–Crippen LogP) is 5.29. The van der Waals surface area contributed by atoms with Gasteiger partial charge in [0, 0.05) is 62.2 Å². The highest BCUT2D eigenvalue weighted by atomic mass is 16.7. The average Bonchev–Trinajstić information content (AvgIpc) is 3.56. The van der Waals surface area contributed by atoms with Crippen molar-refractivity contribution in [3.8, 4) is 5.75 Å². The molecule has 6 heterocycles. The highest BCUT2D eigenvalue weighted by Crippen LogP contribution is 2.43. The first-order chi connectivity index (χ1) is 37.0. The molecule has 6 aliphatic rings. The molecule has 0 radical (unpaired) electrons. The Morgan fingerprint density at radius 1 is 0.782 bits per heavy atom. The number of hydrogen-bond donors (Lipinski definition) is 6. The van der Waals surface area contributed by atoms with Gasteiger partial charge in [0.05, 0.1) is 139 Å². The van der Waals surface area contributed by atoms with Gasteiger partial charge in [-0.3, -0.25) is 9.59 Å². The van der Waals surface area contributed by atoms with Crippen LogP contribution in [0.25, 0.3) is 0 Å². The average molecular weight is 1110 g/mol. The van der Waals surface area contributed by atoms with E-state index in [1.807, 2.05) is 45.0 Å². The molecule has 444 valence electrons. The molecule has 6 aliphatic heterocycles. The SMILES string of the molecule is C=C([C@H](C)CC1(CCC(=O)OCC)OCC(C)(C)CO1)[C@H](O)C[C@@H]1O[C@H]2C[C@@H](O)[C@@H](CO)O[C@H]2[C@H](C)[C@H]1OCc1ccc(OC)cc1.C=C1C(C[C@@H]2O[C@H]3C[C@@H](O)[C@@H](CO)O[C@H]3[C@H](C)[C@H]2O)O[C@@H](CCC(=O)OCC)C[C@H]1C. The van der Waals surface area contributed by atoms with E-state index >= 15 is 0 Å². The van der Waals surface area contributed by atoms with E-state index in [0.29, 0.717) is 83.6 Å². The van der Waals surface area contributed by atoms with Crippen LogP contribution in [0.3, 0.4) is 0 Å². The van der Waals surface area contributed by atoms with E-state index in [2.05, 4.69) is 33.9 Å². The Morgan fingerprint density at radius 2 is 1.35 bits per heavy atom. The Labute approximate surface area is 462 Å². The summed E-state index contributed by atoms with van der Waals surface area (Å²) in [5, 5.41) is 62.5. The van der Waals surface area contributed by atoms with Crippen molar-refractivity contribution in [3.63, 3.8) is 0 Å². The van der Waals surface area contributed by atoms with Crippen LogP contribution < -0.4 is 4.74 Å². The van der Waals surface area contributed by atoms with Crippen molar-refractivity contribution >= 4 is 11.9 Å². The van der Waals surface area contributed by atoms with Gasteiger partial charge in [-0.15, -0.1) is 0 Å². The summed E-state index contributed by atoms with van der Waals surface area (Å²) in [6.45, 7) is 25.6. The van der Waals surface area contributed by atoms with Crippen LogP contribution in [0.2, 0.25) is 0 Å². The number of fused-ring (bicyclic) bond motifs is 2. The third-order valence-corrected chi connectivity index (χ3v) is 16.7. The van der Waals surface area contributed by atoms with Crippen LogP contribution >= 0.6 is 0 Å². The Bertz CT molecular complexity index is 2040. The second-order valence-corrected chi connectivity index (χ2v) is 23.4. The van der Waals surface area contributed by atoms with E-state index in [1.54, 1.807) is 21.0 Å². The summed E-state index contributed by atoms with van der Waals surface area (Å²) < 4.78 is 65.5. The summed E-state index contributed by atoms with van der Waals surface area (Å²) in [5.41, 5.74) is 2.37. The molecule has 0 aliphatic carbocycles. The molecule has 6 saturated heterocycles. The van der Waals surface area contributed by atoms with Crippen molar-refractivity contribution in [2.24, 2.45) is 29.1 Å². The lowest BCUT2D eigenvalue weighted by molar-refractivity contribution is -0.307. The van der Waals surface area contributed by atoms with E-state index in [-0.39, 0.29) is 91.5 Å². The van der Waals surface area contributed by atoms with E-state index in [0.717, 1.165) is 23.3 Å². The quantitative estimate of drug-likeness (QED) is 0.0637. The summed E-state index contributed by atoms with van der Waals surface area (Å²) >= 11 is 0. The second-order valence-electron chi connectivity index (χ2n) is 23.4. The van der Waals surface area contributed by atoms with Crippen molar-refractivity contribution in [1.29, 1.82) is 0 Å². The largest absolute Gasteiger partial charge is 0.497 e. The second kappa shape index (κ2) is 29.2. The van der Waals surface area contributed by atoms with Crippen molar-refractivity contribution in [3.05, 3.63) is 54.1 Å². The minimum absolute atomic E-state index is 0.0778. The zero-order chi connectivity index (χ0) is 57.1. The third-order valence-electron chi connectivity index (χ3n) is 16.7. The lowest BCUT2D eigenvalue weighted by atomic mass is 9.79. The van der Waals surface area contributed by atoms with Crippen LogP contribution in [-0.4, -0.2) is 187 Å². The Hall–Kier alpha value is -3.12. The maximum absolute atomic E-state index is 12.2. The highest BCUT2D eigenvalue weighted by molar-refractivity contribution is 5.69. The molecule has 1 aromatic carbocycles. The fraction of sp³-hybridized carbons (Fsp3) is 0.797. The molecular formula is C59H94O19. The van der Waals surface area contributed by atoms with Crippen molar-refractivity contribution in [2.45, 2.75) is 224 Å². The summed E-state index contributed by atoms with van der Waals surface area (Å²) in [5.74, 6) is -1.12. The standard InChI is InChI=1S/C36H56O11.C23H38O8/c1-8-42-32(40)13-14-36(44-20-35(5,6)21-45-36)17-22(2)23(3)27(38)15-29-33(43-19-25-9-11-26(41-7)12-10-25)24(4)34-30(46-29)16-28(39)31(18-37)47-34;1-5-28-21(26)7-6-15-8-12(2)13(3)17(29-15)10-18-22(27)14(4)23-19(30-18)9-16(25)20(11-24)31-23/h9-12,22,24,27-31,33-34,37-39H,3,8,13-21H2,1-2,4-7H3;12,14-20,22-25,27H,3,5-11H2,1-2,4H3/t22-,24-,27-,28-,29+,30+,31-,33-,34+;12-,14-,15+,16-,17?,18+,19+,20-,22-,23+/m11/s1. The molecule has 78 heavy (non-hydrogen) atoms. The van der Waals surface area contributed by atoms with Crippen molar-refractivity contribution < 1.29 is 92.3 Å². The Morgan fingerprint density at radius 3 is 1.91 bits per heavy atom. The van der Waals surface area contributed by atoms with Crippen molar-refractivity contribution in [2.75, 3.05) is 46.8 Å². The van der Waals surface area contributed by atoms with E-state index in [9.17, 15) is 40.2 Å². The molecule has 19 atom stereocenters. The maximum Gasteiger partial charge on any atom is 0.305 e. The predicted molar refractivity (Wildman–Crippen MR) is 286 cm³/mol. The summed E-state index contributed by atoms with van der Waals surface area (Å²) in [6.07, 6.45) is -4.14. The molecule has 7 rings (SSSR count). The number of ether oxygens (including phenoxy) is 11. The first kappa shape index (κ1) is 64.1. The molecule has 0 saturated carbocycles. The summed E-state index contributed by atoms with van der Waals surface area (Å²) in [6, 6.07) is 7.62. The van der Waals surface area contributed by atoms with Gasteiger partial charge in [-0.1, -0.05) is 66.8 Å². The number of aliphatic hydroxyl groups is 6. The monoisotopic (exact) mass is 1110 g/mol. The van der Waals surface area contributed by atoms with Crippen LogP contribution in [0, 0.1) is 29.1 Å². The van der Waals surface area contributed by atoms with Crippen LogP contribution in [0.5, 0.6) is 5.75 Å². The van der Waals surface area contributed by atoms with Gasteiger partial charge in [0.1, 0.15) is 18.0 Å². The first-order valence-electron chi connectivity index (χ1n) is 28.5. The fourth-order valence-electron chi connectivity index (χ4n) is 11.8. The molecule has 19 nitrogen and oxygen atoms in total. The van der Waals surface area contributed by atoms with E-state index in [1.165, 1.54) is 0 Å². The Kier molecular flexibility index (Phi) is 24.0. The number of esters is 2. The molecule has 0 amide bonds. The van der Waals surface area contributed by atoms with Gasteiger partial charge in [0.25, 0.3) is 0 Å². The number of carbonyl (C=O) groups excluding carboxylic acids is 2. The van der Waals surface area contributed by atoms with Gasteiger partial charge >= 0.3 is 11.9 Å². The summed E-state index contributed by atoms with van der Waals surface area (Å²) in [7, 11) is 1.62. The van der Waals surface area contributed by atoms with Gasteiger partial charge in [-0.25, -0.2) is 0 Å². The van der Waals surface area contributed by atoms with Gasteiger partial charge in [0.2, 0.25) is 0 Å². The molecule has 0 aromatic heterocycles. The molecule has 0 bridgehead atoms. The van der Waals surface area contributed by atoms with Gasteiger partial charge < -0.3 is 82.7 Å². The maximum atomic E-state index is 12.2. The van der Waals surface area contributed by atoms with Crippen molar-refractivity contribution in [1.82, 2.24) is 0 Å². The number of carbonyl (C=O) groups is 2. The minimum atomic E-state index is -1.00. The lowest BCUT2D eigenvalue weighted by Crippen LogP contribution is -2.61. The van der Waals surface area contributed by atoms with Crippen LogP contribution in [-0.2, 0) is 63.6 Å². The molecule has 6 fully saturated rings. The molecular weight excluding hydrogens is 1010 g/mol. The highest BCUT2D eigenvalue weighted by Gasteiger charge is 2.52. The number of benzene rings is 1. The van der Waals surface area contributed by atoms with Crippen LogP contribution in [0.15, 0.2) is 48.6 Å². The zero-order valence-corrected chi connectivity index (χ0v) is 47.7. The zero-order valence-electron chi connectivity index (χ0n) is 47.7. The van der Waals surface area contributed by atoms with Gasteiger partial charge in [-0.05, 0) is 67.4 Å². The molecule has 6 N–H and O–H groups in total. The third kappa shape index (κ3) is 16.8. The number of rotatable bonds is 22. The molecule has 1 aromatic rings. The topological polar surface area (TPSA) is 257 Å². The van der Waals surface area contributed by atoms with Gasteiger partial charge in [0.15, 0.2) is 5.79 Å². The molecule has 19 heteroatoms. The summed E-state index contributed by atoms with van der Waals surface area (Å²) in [4.78, 5) is 23.9. The number of hydrogen-bond acceptors (Lipinski definition) is 19. The fourth-order valence-corrected chi connectivity index (χ4v) is 11.8. The van der Waals surface area contributed by atoms with E-state index < -0.39 is 72.9 Å². The molecule has 1 unspecified atom stereocenters. The van der Waals surface area contributed by atoms with Crippen LogP contribution in [0.4, 0.5) is 0 Å². The van der Waals surface area contributed by atoms with E-state index in [4.69, 9.17) is 52.1 Å². The first-order valence-corrected chi connectivity index (χ1v) is 28.5. The number of aliphatic hydroxyl groups excluding tert-OH is 6.